The van der Waals surface area contributed by atoms with Crippen LogP contribution in [0.15, 0.2) is 64.3 Å². The lowest BCUT2D eigenvalue weighted by atomic mass is 10.1. The molecule has 2 aromatic carbocycles. The van der Waals surface area contributed by atoms with Gasteiger partial charge in [0.1, 0.15) is 23.7 Å². The van der Waals surface area contributed by atoms with Crippen LogP contribution in [0.1, 0.15) is 10.4 Å². The molecule has 7 heteroatoms. The summed E-state index contributed by atoms with van der Waals surface area (Å²) in [6.07, 6.45) is 1.57. The molecule has 1 amide bonds. The highest BCUT2D eigenvalue weighted by Crippen LogP contribution is 2.31. The summed E-state index contributed by atoms with van der Waals surface area (Å²) in [6, 6.07) is 10.2. The van der Waals surface area contributed by atoms with E-state index in [4.69, 9.17) is 9.15 Å². The number of phenolic OH excluding ortho intramolecular Hbond substituents is 1. The molecular weight excluding hydrogens is 338 g/mol. The van der Waals surface area contributed by atoms with Gasteiger partial charge in [0, 0.05) is 11.6 Å². The molecule has 1 aromatic heterocycles. The highest BCUT2D eigenvalue weighted by Gasteiger charge is 2.18. The highest BCUT2D eigenvalue weighted by molar-refractivity contribution is 6.06. The highest BCUT2D eigenvalue weighted by atomic mass is 16.5. The number of amides is 1. The molecule has 0 spiro atoms. The van der Waals surface area contributed by atoms with Crippen LogP contribution in [0, 0.1) is 0 Å². The van der Waals surface area contributed by atoms with Gasteiger partial charge in [0.25, 0.3) is 5.91 Å². The van der Waals surface area contributed by atoms with Gasteiger partial charge in [-0.1, -0.05) is 18.7 Å². The Kier molecular flexibility index (Phi) is 4.62. The molecular formula is C19H15NO6. The molecule has 3 rings (SSSR count). The number of benzene rings is 2. The molecule has 1 heterocycles. The predicted octanol–water partition coefficient (Wildman–Crippen LogP) is 3.02. The average Bonchev–Trinajstić information content (AvgIpc) is 2.63. The lowest BCUT2D eigenvalue weighted by Crippen LogP contribution is -2.18. The van der Waals surface area contributed by atoms with Crippen LogP contribution in [0.5, 0.6) is 17.2 Å². The molecule has 0 radical (unpaired) electrons. The molecule has 26 heavy (non-hydrogen) atoms. The Morgan fingerprint density at radius 1 is 1.23 bits per heavy atom. The largest absolute Gasteiger partial charge is 0.508 e. The van der Waals surface area contributed by atoms with Gasteiger partial charge in [0.2, 0.25) is 0 Å². The Hall–Kier alpha value is -3.74. The summed E-state index contributed by atoms with van der Waals surface area (Å²) in [7, 11) is 0. The maximum Gasteiger partial charge on any atom is 0.364 e. The first kappa shape index (κ1) is 17.1. The van der Waals surface area contributed by atoms with E-state index in [9.17, 15) is 19.8 Å². The monoisotopic (exact) mass is 353 g/mol. The van der Waals surface area contributed by atoms with Gasteiger partial charge in [-0.05, 0) is 30.3 Å². The van der Waals surface area contributed by atoms with E-state index in [2.05, 4.69) is 11.9 Å². The van der Waals surface area contributed by atoms with Crippen LogP contribution in [0.4, 0.5) is 5.69 Å². The molecule has 0 aliphatic heterocycles. The smallest absolute Gasteiger partial charge is 0.364 e. The molecule has 132 valence electrons. The maximum absolute atomic E-state index is 12.4. The zero-order chi connectivity index (χ0) is 18.7. The summed E-state index contributed by atoms with van der Waals surface area (Å²) < 4.78 is 10.4. The van der Waals surface area contributed by atoms with Crippen molar-refractivity contribution in [3.8, 4) is 17.2 Å². The fourth-order valence-corrected chi connectivity index (χ4v) is 2.35. The molecule has 0 saturated heterocycles. The zero-order valence-corrected chi connectivity index (χ0v) is 13.6. The molecule has 0 bridgehead atoms. The van der Waals surface area contributed by atoms with Crippen molar-refractivity contribution in [1.82, 2.24) is 0 Å². The number of carbonyl (C=O) groups is 1. The third kappa shape index (κ3) is 3.36. The molecule has 0 atom stereocenters. The van der Waals surface area contributed by atoms with E-state index in [1.807, 2.05) is 0 Å². The number of hydrogen-bond donors (Lipinski definition) is 3. The number of carbonyl (C=O) groups excluding carboxylic acids is 1. The van der Waals surface area contributed by atoms with E-state index in [0.29, 0.717) is 5.75 Å². The van der Waals surface area contributed by atoms with E-state index in [-0.39, 0.29) is 34.6 Å². The summed E-state index contributed by atoms with van der Waals surface area (Å²) in [5.41, 5.74) is -1.08. The number of aromatic hydroxyl groups is 2. The Balaban J connectivity index is 1.93. The van der Waals surface area contributed by atoms with Crippen molar-refractivity contribution >= 4 is 22.6 Å². The van der Waals surface area contributed by atoms with Crippen molar-refractivity contribution in [3.63, 3.8) is 0 Å². The van der Waals surface area contributed by atoms with Crippen molar-refractivity contribution in [2.45, 2.75) is 0 Å². The SMILES string of the molecule is C=CCOc1cccc(C(=O)Nc2c(O)c3ccc(O)cc3oc2=O)c1. The molecule has 0 fully saturated rings. The zero-order valence-electron chi connectivity index (χ0n) is 13.6. The van der Waals surface area contributed by atoms with Gasteiger partial charge in [-0.2, -0.15) is 0 Å². The minimum absolute atomic E-state index is 0.00493. The van der Waals surface area contributed by atoms with Gasteiger partial charge in [-0.15, -0.1) is 0 Å². The van der Waals surface area contributed by atoms with E-state index in [0.717, 1.165) is 0 Å². The molecule has 0 saturated carbocycles. The van der Waals surface area contributed by atoms with Gasteiger partial charge in [0.05, 0.1) is 5.39 Å². The molecule has 0 aliphatic rings. The second kappa shape index (κ2) is 7.02. The first-order chi connectivity index (χ1) is 12.5. The van der Waals surface area contributed by atoms with Gasteiger partial charge in [0.15, 0.2) is 11.4 Å². The van der Waals surface area contributed by atoms with E-state index in [1.54, 1.807) is 18.2 Å². The Bertz CT molecular complexity index is 1050. The van der Waals surface area contributed by atoms with Crippen molar-refractivity contribution in [2.75, 3.05) is 11.9 Å². The quantitative estimate of drug-likeness (QED) is 0.480. The van der Waals surface area contributed by atoms with Gasteiger partial charge in [-0.3, -0.25) is 4.79 Å². The van der Waals surface area contributed by atoms with E-state index < -0.39 is 17.3 Å². The topological polar surface area (TPSA) is 109 Å². The van der Waals surface area contributed by atoms with Gasteiger partial charge < -0.3 is 24.7 Å². The predicted molar refractivity (Wildman–Crippen MR) is 95.9 cm³/mol. The van der Waals surface area contributed by atoms with Crippen LogP contribution in [-0.2, 0) is 0 Å². The Labute approximate surface area is 147 Å². The van der Waals surface area contributed by atoms with Crippen molar-refractivity contribution < 1.29 is 24.2 Å². The van der Waals surface area contributed by atoms with Crippen LogP contribution in [0.25, 0.3) is 11.0 Å². The first-order valence-corrected chi connectivity index (χ1v) is 7.63. The minimum Gasteiger partial charge on any atom is -0.508 e. The Morgan fingerprint density at radius 3 is 2.81 bits per heavy atom. The molecule has 0 unspecified atom stereocenters. The summed E-state index contributed by atoms with van der Waals surface area (Å²) >= 11 is 0. The summed E-state index contributed by atoms with van der Waals surface area (Å²) in [5, 5.41) is 22.3. The Morgan fingerprint density at radius 2 is 2.04 bits per heavy atom. The summed E-state index contributed by atoms with van der Waals surface area (Å²) in [6.45, 7) is 3.83. The standard InChI is InChI=1S/C19H15NO6/c1-2-8-25-13-5-3-4-11(9-13)18(23)20-16-17(22)14-7-6-12(21)10-15(14)26-19(16)24/h2-7,9-10,21-22H,1,8H2,(H,20,23). The van der Waals surface area contributed by atoms with Gasteiger partial charge in [-0.25, -0.2) is 4.79 Å². The number of hydrogen-bond acceptors (Lipinski definition) is 6. The van der Waals surface area contributed by atoms with Crippen LogP contribution >= 0.6 is 0 Å². The average molecular weight is 353 g/mol. The third-order valence-corrected chi connectivity index (χ3v) is 3.57. The molecule has 0 aliphatic carbocycles. The third-order valence-electron chi connectivity index (χ3n) is 3.57. The number of nitrogens with one attached hydrogen (secondary N) is 1. The second-order valence-corrected chi connectivity index (χ2v) is 5.38. The number of phenols is 1. The number of fused-ring (bicyclic) bond motifs is 1. The van der Waals surface area contributed by atoms with Crippen molar-refractivity contribution in [1.29, 1.82) is 0 Å². The van der Waals surface area contributed by atoms with Crippen LogP contribution in [0.2, 0.25) is 0 Å². The number of ether oxygens (including phenoxy) is 1. The van der Waals surface area contributed by atoms with Crippen LogP contribution < -0.4 is 15.7 Å². The molecule has 7 nitrogen and oxygen atoms in total. The van der Waals surface area contributed by atoms with Crippen molar-refractivity contribution in [3.05, 3.63) is 71.1 Å². The maximum atomic E-state index is 12.4. The minimum atomic E-state index is -0.937. The van der Waals surface area contributed by atoms with Crippen molar-refractivity contribution in [2.24, 2.45) is 0 Å². The summed E-state index contributed by atoms with van der Waals surface area (Å²) in [4.78, 5) is 24.5. The van der Waals surface area contributed by atoms with Crippen LogP contribution in [0.3, 0.4) is 0 Å². The fraction of sp³-hybridized carbons (Fsp3) is 0.0526. The van der Waals surface area contributed by atoms with Crippen LogP contribution in [-0.4, -0.2) is 22.7 Å². The fourth-order valence-electron chi connectivity index (χ4n) is 2.35. The number of anilines is 1. The first-order valence-electron chi connectivity index (χ1n) is 7.63. The second-order valence-electron chi connectivity index (χ2n) is 5.38. The molecule has 3 N–H and O–H groups in total. The van der Waals surface area contributed by atoms with E-state index in [1.165, 1.54) is 30.3 Å². The lowest BCUT2D eigenvalue weighted by Gasteiger charge is -2.09. The lowest BCUT2D eigenvalue weighted by molar-refractivity contribution is 0.102. The summed E-state index contributed by atoms with van der Waals surface area (Å²) in [5.74, 6) is -0.714. The van der Waals surface area contributed by atoms with Gasteiger partial charge >= 0.3 is 5.63 Å². The van der Waals surface area contributed by atoms with E-state index >= 15 is 0 Å². The number of rotatable bonds is 5. The molecule has 3 aromatic rings. The normalized spacial score (nSPS) is 10.5.